The smallest absolute Gasteiger partial charge is 0.0945 e. The number of benzene rings is 1. The molecule has 0 heterocycles. The molecule has 0 saturated carbocycles. The second-order valence-electron chi connectivity index (χ2n) is 4.07. The molecule has 1 unspecified atom stereocenters. The molecule has 0 aliphatic rings. The highest BCUT2D eigenvalue weighted by atomic mass is 79.9. The molecule has 0 saturated heterocycles. The number of aryl methyl sites for hydroxylation is 1. The third kappa shape index (κ3) is 5.82. The normalized spacial score (nSPS) is 12.4. The zero-order chi connectivity index (χ0) is 13.4. The zero-order valence-electron chi connectivity index (χ0n) is 10.8. The molecule has 0 aliphatic carbocycles. The van der Waals surface area contributed by atoms with Gasteiger partial charge in [-0.15, -0.1) is 0 Å². The maximum Gasteiger partial charge on any atom is 0.0945 e. The fourth-order valence-corrected chi connectivity index (χ4v) is 1.66. The summed E-state index contributed by atoms with van der Waals surface area (Å²) in [7, 11) is 1.62. The van der Waals surface area contributed by atoms with Crippen molar-refractivity contribution in [1.29, 1.82) is 0 Å². The van der Waals surface area contributed by atoms with Crippen molar-refractivity contribution in [1.82, 2.24) is 0 Å². The molecule has 0 bridgehead atoms. The van der Waals surface area contributed by atoms with Gasteiger partial charge in [0.05, 0.1) is 25.9 Å². The summed E-state index contributed by atoms with van der Waals surface area (Å²) in [6.07, 6.45) is -0.522. The van der Waals surface area contributed by atoms with Crippen LogP contribution in [0.5, 0.6) is 0 Å². The molecule has 1 rings (SSSR count). The Hall–Kier alpha value is -0.620. The van der Waals surface area contributed by atoms with Gasteiger partial charge >= 0.3 is 0 Å². The summed E-state index contributed by atoms with van der Waals surface area (Å²) in [6.45, 7) is 3.86. The standard InChI is InChI=1S/C13H20BrNO3/c1-10-7-11(3-4-13(10)14)15-8-12(16)9-18-6-5-17-2/h3-4,7,12,15-16H,5-6,8-9H2,1-2H3. The third-order valence-electron chi connectivity index (χ3n) is 2.44. The van der Waals surface area contributed by atoms with Gasteiger partial charge in [0.1, 0.15) is 0 Å². The van der Waals surface area contributed by atoms with Gasteiger partial charge in [-0.05, 0) is 30.7 Å². The molecule has 1 aromatic rings. The number of nitrogens with one attached hydrogen (secondary N) is 1. The van der Waals surface area contributed by atoms with Crippen LogP contribution in [0.25, 0.3) is 0 Å². The maximum absolute atomic E-state index is 9.70. The average molecular weight is 318 g/mol. The molecule has 2 N–H and O–H groups in total. The summed E-state index contributed by atoms with van der Waals surface area (Å²) >= 11 is 3.45. The minimum absolute atomic E-state index is 0.311. The van der Waals surface area contributed by atoms with Crippen LogP contribution >= 0.6 is 15.9 Å². The lowest BCUT2D eigenvalue weighted by atomic mass is 10.2. The Morgan fingerprint density at radius 1 is 1.39 bits per heavy atom. The average Bonchev–Trinajstić information content (AvgIpc) is 2.36. The molecule has 0 amide bonds. The van der Waals surface area contributed by atoms with Crippen molar-refractivity contribution < 1.29 is 14.6 Å². The van der Waals surface area contributed by atoms with Crippen molar-refractivity contribution in [3.63, 3.8) is 0 Å². The van der Waals surface area contributed by atoms with Gasteiger partial charge in [0.25, 0.3) is 0 Å². The molecular weight excluding hydrogens is 298 g/mol. The summed E-state index contributed by atoms with van der Waals surface area (Å²) in [4.78, 5) is 0. The molecule has 4 nitrogen and oxygen atoms in total. The van der Waals surface area contributed by atoms with Crippen molar-refractivity contribution in [3.8, 4) is 0 Å². The van der Waals surface area contributed by atoms with Crippen LogP contribution in [0.1, 0.15) is 5.56 Å². The topological polar surface area (TPSA) is 50.7 Å². The molecule has 1 aromatic carbocycles. The van der Waals surface area contributed by atoms with Crippen molar-refractivity contribution in [2.24, 2.45) is 0 Å². The van der Waals surface area contributed by atoms with E-state index in [1.807, 2.05) is 25.1 Å². The molecule has 0 radical (unpaired) electrons. The Morgan fingerprint density at radius 2 is 2.17 bits per heavy atom. The SMILES string of the molecule is COCCOCC(O)CNc1ccc(Br)c(C)c1. The van der Waals surface area contributed by atoms with E-state index >= 15 is 0 Å². The van der Waals surface area contributed by atoms with E-state index in [0.717, 1.165) is 15.7 Å². The number of aliphatic hydroxyl groups is 1. The van der Waals surface area contributed by atoms with Crippen LogP contribution in [0.4, 0.5) is 5.69 Å². The number of hydrogen-bond acceptors (Lipinski definition) is 4. The maximum atomic E-state index is 9.70. The molecular formula is C13H20BrNO3. The highest BCUT2D eigenvalue weighted by Gasteiger charge is 2.04. The molecule has 18 heavy (non-hydrogen) atoms. The van der Waals surface area contributed by atoms with E-state index in [-0.39, 0.29) is 0 Å². The quantitative estimate of drug-likeness (QED) is 0.722. The van der Waals surface area contributed by atoms with E-state index in [1.54, 1.807) is 7.11 Å². The third-order valence-corrected chi connectivity index (χ3v) is 3.33. The van der Waals surface area contributed by atoms with Gasteiger partial charge < -0.3 is 19.9 Å². The first kappa shape index (κ1) is 15.4. The summed E-state index contributed by atoms with van der Waals surface area (Å²) < 4.78 is 11.2. The zero-order valence-corrected chi connectivity index (χ0v) is 12.4. The summed E-state index contributed by atoms with van der Waals surface area (Å²) in [5.74, 6) is 0. The van der Waals surface area contributed by atoms with Gasteiger partial charge in [-0.2, -0.15) is 0 Å². The first-order chi connectivity index (χ1) is 8.63. The number of hydrogen-bond donors (Lipinski definition) is 2. The summed E-state index contributed by atoms with van der Waals surface area (Å²) in [5.41, 5.74) is 2.15. The predicted molar refractivity (Wildman–Crippen MR) is 76.1 cm³/mol. The second kappa shape index (κ2) is 8.48. The van der Waals surface area contributed by atoms with Crippen LogP contribution in [0.3, 0.4) is 0 Å². The highest BCUT2D eigenvalue weighted by Crippen LogP contribution is 2.19. The van der Waals surface area contributed by atoms with Crippen LogP contribution < -0.4 is 5.32 Å². The number of anilines is 1. The summed E-state index contributed by atoms with van der Waals surface area (Å²) in [6, 6.07) is 5.98. The molecule has 0 fully saturated rings. The Kier molecular flexibility index (Phi) is 7.27. The Morgan fingerprint density at radius 3 is 2.83 bits per heavy atom. The van der Waals surface area contributed by atoms with Gasteiger partial charge in [-0.25, -0.2) is 0 Å². The highest BCUT2D eigenvalue weighted by molar-refractivity contribution is 9.10. The van der Waals surface area contributed by atoms with Crippen LogP contribution in [0, 0.1) is 6.92 Å². The first-order valence-electron chi connectivity index (χ1n) is 5.88. The predicted octanol–water partition coefficient (Wildman–Crippen LogP) is 2.19. The largest absolute Gasteiger partial charge is 0.389 e. The summed E-state index contributed by atoms with van der Waals surface area (Å²) in [5, 5.41) is 12.9. The molecule has 0 aromatic heterocycles. The molecule has 0 aliphatic heterocycles. The van der Waals surface area contributed by atoms with Crippen LogP contribution in [-0.4, -0.2) is 44.7 Å². The molecule has 0 spiro atoms. The fourth-order valence-electron chi connectivity index (χ4n) is 1.41. The Bertz CT molecular complexity index is 360. The van der Waals surface area contributed by atoms with E-state index in [1.165, 1.54) is 0 Å². The number of halogens is 1. The van der Waals surface area contributed by atoms with Crippen molar-refractivity contribution in [2.45, 2.75) is 13.0 Å². The monoisotopic (exact) mass is 317 g/mol. The van der Waals surface area contributed by atoms with Crippen molar-refractivity contribution in [3.05, 3.63) is 28.2 Å². The van der Waals surface area contributed by atoms with E-state index in [9.17, 15) is 5.11 Å². The lowest BCUT2D eigenvalue weighted by Crippen LogP contribution is -2.25. The lowest BCUT2D eigenvalue weighted by molar-refractivity contribution is 0.0182. The fraction of sp³-hybridized carbons (Fsp3) is 0.538. The van der Waals surface area contributed by atoms with E-state index in [2.05, 4.69) is 21.2 Å². The Labute approximate surface area is 116 Å². The van der Waals surface area contributed by atoms with Crippen LogP contribution in [0.2, 0.25) is 0 Å². The van der Waals surface area contributed by atoms with Crippen molar-refractivity contribution >= 4 is 21.6 Å². The first-order valence-corrected chi connectivity index (χ1v) is 6.67. The van der Waals surface area contributed by atoms with Gasteiger partial charge in [0.2, 0.25) is 0 Å². The second-order valence-corrected chi connectivity index (χ2v) is 4.92. The molecule has 102 valence electrons. The van der Waals surface area contributed by atoms with E-state index in [0.29, 0.717) is 26.4 Å². The Balaban J connectivity index is 2.24. The number of ether oxygens (including phenoxy) is 2. The minimum Gasteiger partial charge on any atom is -0.389 e. The lowest BCUT2D eigenvalue weighted by Gasteiger charge is -2.13. The van der Waals surface area contributed by atoms with Gasteiger partial charge in [0.15, 0.2) is 0 Å². The van der Waals surface area contributed by atoms with E-state index in [4.69, 9.17) is 9.47 Å². The molecule has 1 atom stereocenters. The van der Waals surface area contributed by atoms with Gasteiger partial charge in [0, 0.05) is 23.8 Å². The number of aliphatic hydroxyl groups excluding tert-OH is 1. The minimum atomic E-state index is -0.522. The number of methoxy groups -OCH3 is 1. The molecule has 5 heteroatoms. The van der Waals surface area contributed by atoms with Crippen molar-refractivity contribution in [2.75, 3.05) is 38.8 Å². The number of rotatable bonds is 8. The van der Waals surface area contributed by atoms with E-state index < -0.39 is 6.10 Å². The van der Waals surface area contributed by atoms with Crippen LogP contribution in [-0.2, 0) is 9.47 Å². The van der Waals surface area contributed by atoms with Gasteiger partial charge in [-0.1, -0.05) is 15.9 Å². The van der Waals surface area contributed by atoms with Gasteiger partial charge in [-0.3, -0.25) is 0 Å². The van der Waals surface area contributed by atoms with Crippen LogP contribution in [0.15, 0.2) is 22.7 Å².